The van der Waals surface area contributed by atoms with Gasteiger partial charge in [-0.15, -0.1) is 0 Å². The van der Waals surface area contributed by atoms with Gasteiger partial charge in [0.05, 0.1) is 10.7 Å². The average Bonchev–Trinajstić information content (AvgIpc) is 2.62. The second kappa shape index (κ2) is 11.0. The summed E-state index contributed by atoms with van der Waals surface area (Å²) in [6.45, 7) is -0.431. The van der Waals surface area contributed by atoms with Crippen LogP contribution in [-0.4, -0.2) is 24.4 Å². The summed E-state index contributed by atoms with van der Waals surface area (Å²) in [7, 11) is 0. The Morgan fingerprint density at radius 2 is 1.75 bits per heavy atom. The van der Waals surface area contributed by atoms with Crippen molar-refractivity contribution in [2.75, 3.05) is 17.2 Å². The van der Waals surface area contributed by atoms with Crippen LogP contribution >= 0.6 is 39.1 Å². The molecule has 2 aromatic rings. The van der Waals surface area contributed by atoms with Gasteiger partial charge < -0.3 is 15.4 Å². The molecular weight excluding hydrogens is 471 g/mol. The number of carbonyl (C=O) groups is 3. The van der Waals surface area contributed by atoms with E-state index in [0.717, 1.165) is 4.47 Å². The summed E-state index contributed by atoms with van der Waals surface area (Å²) in [6.07, 6.45) is 0.461. The molecule has 0 aliphatic rings. The third-order valence-corrected chi connectivity index (χ3v) is 4.50. The first-order chi connectivity index (χ1) is 13.3. The first-order valence-corrected chi connectivity index (χ1v) is 9.84. The predicted molar refractivity (Wildman–Crippen MR) is 113 cm³/mol. The summed E-state index contributed by atoms with van der Waals surface area (Å²) < 4.78 is 5.68. The first kappa shape index (κ1) is 22.2. The zero-order chi connectivity index (χ0) is 20.5. The maximum atomic E-state index is 11.8. The molecular formula is C19H17BrCl2N2O4. The van der Waals surface area contributed by atoms with Crippen molar-refractivity contribution < 1.29 is 19.1 Å². The smallest absolute Gasteiger partial charge is 0.306 e. The molecule has 0 unspecified atom stereocenters. The van der Waals surface area contributed by atoms with E-state index in [1.54, 1.807) is 42.5 Å². The van der Waals surface area contributed by atoms with Gasteiger partial charge in [0.2, 0.25) is 5.91 Å². The highest BCUT2D eigenvalue weighted by Gasteiger charge is 2.11. The second-order valence-corrected chi connectivity index (χ2v) is 7.50. The zero-order valence-corrected chi connectivity index (χ0v) is 17.7. The maximum absolute atomic E-state index is 11.8. The normalized spacial score (nSPS) is 10.2. The van der Waals surface area contributed by atoms with Gasteiger partial charge in [0.1, 0.15) is 0 Å². The Bertz CT molecular complexity index is 877. The molecule has 0 aliphatic carbocycles. The minimum Gasteiger partial charge on any atom is -0.456 e. The Balaban J connectivity index is 1.65. The van der Waals surface area contributed by atoms with Gasteiger partial charge in [-0.3, -0.25) is 14.4 Å². The van der Waals surface area contributed by atoms with Gasteiger partial charge in [0.15, 0.2) is 6.61 Å². The van der Waals surface area contributed by atoms with Crippen LogP contribution in [0.5, 0.6) is 0 Å². The number of ether oxygens (including phenoxy) is 1. The van der Waals surface area contributed by atoms with E-state index in [-0.39, 0.29) is 18.7 Å². The number of amides is 2. The fourth-order valence-corrected chi connectivity index (χ4v) is 3.09. The topological polar surface area (TPSA) is 84.5 Å². The van der Waals surface area contributed by atoms with E-state index in [4.69, 9.17) is 27.9 Å². The number of halogens is 3. The molecule has 0 saturated heterocycles. The highest BCUT2D eigenvalue weighted by Crippen LogP contribution is 2.25. The molecule has 0 fully saturated rings. The van der Waals surface area contributed by atoms with Crippen molar-refractivity contribution in [2.24, 2.45) is 0 Å². The molecule has 148 valence electrons. The summed E-state index contributed by atoms with van der Waals surface area (Å²) in [4.78, 5) is 35.4. The van der Waals surface area contributed by atoms with E-state index >= 15 is 0 Å². The number of hydrogen-bond donors (Lipinski definition) is 2. The molecule has 2 N–H and O–H groups in total. The number of rotatable bonds is 8. The van der Waals surface area contributed by atoms with Crippen LogP contribution in [0.2, 0.25) is 10.0 Å². The summed E-state index contributed by atoms with van der Waals surface area (Å²) >= 11 is 15.1. The summed E-state index contributed by atoms with van der Waals surface area (Å²) in [5.74, 6) is -1.30. The van der Waals surface area contributed by atoms with Crippen molar-refractivity contribution in [1.82, 2.24) is 0 Å². The van der Waals surface area contributed by atoms with Crippen LogP contribution in [0.1, 0.15) is 19.3 Å². The molecule has 0 aliphatic heterocycles. The van der Waals surface area contributed by atoms with Crippen molar-refractivity contribution in [3.05, 3.63) is 57.0 Å². The minimum absolute atomic E-state index is 0.0231. The van der Waals surface area contributed by atoms with Crippen molar-refractivity contribution in [1.29, 1.82) is 0 Å². The number of hydrogen-bond acceptors (Lipinski definition) is 4. The SMILES string of the molecule is O=C(CCCC(=O)OCC(=O)Nc1ccc(Br)cc1Cl)Nc1cccc(Cl)c1. The highest BCUT2D eigenvalue weighted by molar-refractivity contribution is 9.10. The standard InChI is InChI=1S/C19H17BrCl2N2O4/c20-12-7-8-16(15(22)9-12)24-18(26)11-28-19(27)6-2-5-17(25)23-14-4-1-3-13(21)10-14/h1,3-4,7-10H,2,5-6,11H2,(H,23,25)(H,24,26). The number of benzene rings is 2. The van der Waals surface area contributed by atoms with Crippen molar-refractivity contribution in [2.45, 2.75) is 19.3 Å². The van der Waals surface area contributed by atoms with Crippen LogP contribution in [0.3, 0.4) is 0 Å². The van der Waals surface area contributed by atoms with Gasteiger partial charge in [-0.25, -0.2) is 0 Å². The Hall–Kier alpha value is -2.09. The molecule has 0 aromatic heterocycles. The lowest BCUT2D eigenvalue weighted by Crippen LogP contribution is -2.21. The lowest BCUT2D eigenvalue weighted by Gasteiger charge is -2.08. The maximum Gasteiger partial charge on any atom is 0.306 e. The van der Waals surface area contributed by atoms with Crippen LogP contribution in [0.4, 0.5) is 11.4 Å². The van der Waals surface area contributed by atoms with E-state index in [0.29, 0.717) is 27.8 Å². The highest BCUT2D eigenvalue weighted by atomic mass is 79.9. The van der Waals surface area contributed by atoms with Gasteiger partial charge >= 0.3 is 5.97 Å². The van der Waals surface area contributed by atoms with Crippen molar-refractivity contribution in [3.8, 4) is 0 Å². The fourth-order valence-electron chi connectivity index (χ4n) is 2.18. The van der Waals surface area contributed by atoms with Gasteiger partial charge in [0, 0.05) is 28.0 Å². The molecule has 0 heterocycles. The molecule has 2 rings (SSSR count). The largest absolute Gasteiger partial charge is 0.456 e. The quantitative estimate of drug-likeness (QED) is 0.510. The Labute approximate surface area is 180 Å². The van der Waals surface area contributed by atoms with Gasteiger partial charge in [-0.05, 0) is 42.8 Å². The van der Waals surface area contributed by atoms with Gasteiger partial charge in [-0.2, -0.15) is 0 Å². The number of nitrogens with one attached hydrogen (secondary N) is 2. The van der Waals surface area contributed by atoms with E-state index in [2.05, 4.69) is 26.6 Å². The average molecular weight is 488 g/mol. The van der Waals surface area contributed by atoms with Crippen LogP contribution in [0.15, 0.2) is 46.9 Å². The van der Waals surface area contributed by atoms with Crippen LogP contribution in [0, 0.1) is 0 Å². The van der Waals surface area contributed by atoms with Crippen LogP contribution in [-0.2, 0) is 19.1 Å². The summed E-state index contributed by atoms with van der Waals surface area (Å²) in [5, 5.41) is 6.12. The van der Waals surface area contributed by atoms with Crippen LogP contribution < -0.4 is 10.6 Å². The molecule has 2 amide bonds. The molecule has 0 atom stereocenters. The van der Waals surface area contributed by atoms with E-state index in [1.165, 1.54) is 0 Å². The summed E-state index contributed by atoms with van der Waals surface area (Å²) in [5.41, 5.74) is 1.01. The van der Waals surface area contributed by atoms with Crippen molar-refractivity contribution >= 4 is 68.3 Å². The van der Waals surface area contributed by atoms with E-state index in [9.17, 15) is 14.4 Å². The molecule has 0 radical (unpaired) electrons. The number of anilines is 2. The van der Waals surface area contributed by atoms with E-state index < -0.39 is 18.5 Å². The molecule has 0 spiro atoms. The fraction of sp³-hybridized carbons (Fsp3) is 0.211. The third kappa shape index (κ3) is 7.88. The zero-order valence-electron chi connectivity index (χ0n) is 14.6. The van der Waals surface area contributed by atoms with E-state index in [1.807, 2.05) is 0 Å². The van der Waals surface area contributed by atoms with Gasteiger partial charge in [-0.1, -0.05) is 45.2 Å². The Morgan fingerprint density at radius 3 is 2.46 bits per heavy atom. The minimum atomic E-state index is -0.562. The second-order valence-electron chi connectivity index (χ2n) is 5.75. The third-order valence-electron chi connectivity index (χ3n) is 3.46. The van der Waals surface area contributed by atoms with Crippen molar-refractivity contribution in [3.63, 3.8) is 0 Å². The summed E-state index contributed by atoms with van der Waals surface area (Å²) in [6, 6.07) is 11.8. The molecule has 0 bridgehead atoms. The monoisotopic (exact) mass is 486 g/mol. The molecule has 2 aromatic carbocycles. The number of carbonyl (C=O) groups excluding carboxylic acids is 3. The Morgan fingerprint density at radius 1 is 0.964 bits per heavy atom. The first-order valence-electron chi connectivity index (χ1n) is 8.29. The predicted octanol–water partition coefficient (Wildman–Crippen LogP) is 5.05. The number of esters is 1. The molecule has 0 saturated carbocycles. The van der Waals surface area contributed by atoms with Crippen LogP contribution in [0.25, 0.3) is 0 Å². The Kier molecular flexibility index (Phi) is 8.76. The molecule has 28 heavy (non-hydrogen) atoms. The lowest BCUT2D eigenvalue weighted by atomic mass is 10.2. The van der Waals surface area contributed by atoms with Gasteiger partial charge in [0.25, 0.3) is 5.91 Å². The lowest BCUT2D eigenvalue weighted by molar-refractivity contribution is -0.147. The molecule has 9 heteroatoms. The molecule has 6 nitrogen and oxygen atoms in total.